The fourth-order valence-electron chi connectivity index (χ4n) is 1.54. The molecule has 1 atom stereocenters. The van der Waals surface area contributed by atoms with E-state index in [0.29, 0.717) is 12.2 Å². The number of amides is 1. The third-order valence-corrected chi connectivity index (χ3v) is 2.80. The lowest BCUT2D eigenvalue weighted by molar-refractivity contribution is -0.122. The van der Waals surface area contributed by atoms with Crippen LogP contribution in [0.25, 0.3) is 0 Å². The largest absolute Gasteiger partial charge is 0.483 e. The van der Waals surface area contributed by atoms with E-state index in [2.05, 4.69) is 27.2 Å². The molecular formula is C14H17BrN2O2. The van der Waals surface area contributed by atoms with Crippen molar-refractivity contribution in [2.45, 2.75) is 19.4 Å². The maximum atomic E-state index is 11.4. The number of hydrogen-bond donors (Lipinski definition) is 2. The van der Waals surface area contributed by atoms with Gasteiger partial charge in [-0.1, -0.05) is 21.9 Å². The highest BCUT2D eigenvalue weighted by molar-refractivity contribution is 9.10. The summed E-state index contributed by atoms with van der Waals surface area (Å²) in [5.41, 5.74) is 6.76. The molecule has 1 amide bonds. The zero-order chi connectivity index (χ0) is 14.3. The minimum atomic E-state index is -0.243. The molecule has 5 heteroatoms. The lowest BCUT2D eigenvalue weighted by atomic mass is 10.1. The minimum Gasteiger partial charge on any atom is -0.483 e. The van der Waals surface area contributed by atoms with Crippen LogP contribution in [0.3, 0.4) is 0 Å². The first kappa shape index (κ1) is 15.5. The summed E-state index contributed by atoms with van der Waals surface area (Å²) < 4.78 is 6.45. The van der Waals surface area contributed by atoms with Gasteiger partial charge in [-0.2, -0.15) is 0 Å². The predicted molar refractivity (Wildman–Crippen MR) is 78.8 cm³/mol. The third-order valence-electron chi connectivity index (χ3n) is 2.31. The van der Waals surface area contributed by atoms with Crippen molar-refractivity contribution in [2.75, 3.05) is 13.2 Å². The molecule has 0 saturated heterocycles. The normalized spacial score (nSPS) is 11.5. The second-order valence-electron chi connectivity index (χ2n) is 4.20. The van der Waals surface area contributed by atoms with Crippen molar-refractivity contribution in [3.8, 4) is 18.1 Å². The molecule has 0 spiro atoms. The smallest absolute Gasteiger partial charge is 0.258 e. The molecule has 0 aliphatic carbocycles. The van der Waals surface area contributed by atoms with Crippen LogP contribution < -0.4 is 15.8 Å². The Balaban J connectivity index is 2.67. The highest BCUT2D eigenvalue weighted by Crippen LogP contribution is 2.24. The van der Waals surface area contributed by atoms with Crippen LogP contribution in [0.2, 0.25) is 0 Å². The summed E-state index contributed by atoms with van der Waals surface area (Å²) in [6, 6.07) is 5.64. The fraction of sp³-hybridized carbons (Fsp3) is 0.357. The van der Waals surface area contributed by atoms with Gasteiger partial charge in [-0.3, -0.25) is 4.79 Å². The van der Waals surface area contributed by atoms with E-state index in [-0.39, 0.29) is 25.1 Å². The van der Waals surface area contributed by atoms with Gasteiger partial charge in [0, 0.05) is 10.5 Å². The van der Waals surface area contributed by atoms with Crippen LogP contribution in [0, 0.1) is 12.3 Å². The summed E-state index contributed by atoms with van der Waals surface area (Å²) in [7, 11) is 0. The van der Waals surface area contributed by atoms with Crippen molar-refractivity contribution in [3.63, 3.8) is 0 Å². The molecule has 1 aromatic rings. The van der Waals surface area contributed by atoms with Crippen LogP contribution in [0.1, 0.15) is 12.5 Å². The van der Waals surface area contributed by atoms with Gasteiger partial charge in [-0.05, 0) is 37.1 Å². The van der Waals surface area contributed by atoms with Crippen molar-refractivity contribution >= 4 is 21.8 Å². The van der Waals surface area contributed by atoms with Gasteiger partial charge in [0.2, 0.25) is 0 Å². The predicted octanol–water partition coefficient (Wildman–Crippen LogP) is 1.47. The molecule has 3 N–H and O–H groups in total. The standard InChI is InChI=1S/C14H17BrN2O2/c1-3-6-17-14(18)9-19-13-5-4-12(15)8-11(13)7-10(2)16/h1,4-5,8,10H,6-7,9,16H2,2H3,(H,17,18). The van der Waals surface area contributed by atoms with E-state index in [1.165, 1.54) is 0 Å². The highest BCUT2D eigenvalue weighted by Gasteiger charge is 2.09. The first-order valence-corrected chi connectivity index (χ1v) is 6.69. The van der Waals surface area contributed by atoms with Crippen molar-refractivity contribution in [1.82, 2.24) is 5.32 Å². The second-order valence-corrected chi connectivity index (χ2v) is 5.12. The molecule has 4 nitrogen and oxygen atoms in total. The molecule has 0 bridgehead atoms. The number of hydrogen-bond acceptors (Lipinski definition) is 3. The second kappa shape index (κ2) is 7.82. The molecule has 19 heavy (non-hydrogen) atoms. The molecule has 0 aliphatic heterocycles. The molecule has 0 heterocycles. The number of terminal acetylenes is 1. The fourth-order valence-corrected chi connectivity index (χ4v) is 1.95. The first-order valence-electron chi connectivity index (χ1n) is 5.90. The van der Waals surface area contributed by atoms with Crippen LogP contribution in [-0.4, -0.2) is 25.1 Å². The third kappa shape index (κ3) is 5.77. The molecular weight excluding hydrogens is 308 g/mol. The monoisotopic (exact) mass is 324 g/mol. The van der Waals surface area contributed by atoms with Gasteiger partial charge in [0.1, 0.15) is 5.75 Å². The molecule has 0 saturated carbocycles. The number of carbonyl (C=O) groups excluding carboxylic acids is 1. The van der Waals surface area contributed by atoms with E-state index < -0.39 is 0 Å². The van der Waals surface area contributed by atoms with E-state index in [1.54, 1.807) is 0 Å². The Hall–Kier alpha value is -1.51. The number of ether oxygens (including phenoxy) is 1. The average molecular weight is 325 g/mol. The SMILES string of the molecule is C#CCNC(=O)COc1ccc(Br)cc1CC(C)N. The van der Waals surface area contributed by atoms with Gasteiger partial charge in [-0.15, -0.1) is 6.42 Å². The number of carbonyl (C=O) groups is 1. The van der Waals surface area contributed by atoms with Crippen LogP contribution in [0.15, 0.2) is 22.7 Å². The van der Waals surface area contributed by atoms with Crippen molar-refractivity contribution in [1.29, 1.82) is 0 Å². The highest BCUT2D eigenvalue weighted by atomic mass is 79.9. The Kier molecular flexibility index (Phi) is 6.40. The Morgan fingerprint density at radius 3 is 3.00 bits per heavy atom. The molecule has 1 aromatic carbocycles. The van der Waals surface area contributed by atoms with Gasteiger partial charge in [0.05, 0.1) is 6.54 Å². The topological polar surface area (TPSA) is 64.3 Å². The zero-order valence-electron chi connectivity index (χ0n) is 10.8. The van der Waals surface area contributed by atoms with Crippen LogP contribution >= 0.6 is 15.9 Å². The van der Waals surface area contributed by atoms with Crippen molar-refractivity contribution in [2.24, 2.45) is 5.73 Å². The number of nitrogens with two attached hydrogens (primary N) is 1. The van der Waals surface area contributed by atoms with Gasteiger partial charge >= 0.3 is 0 Å². The zero-order valence-corrected chi connectivity index (χ0v) is 12.4. The van der Waals surface area contributed by atoms with Gasteiger partial charge in [-0.25, -0.2) is 0 Å². The summed E-state index contributed by atoms with van der Waals surface area (Å²) >= 11 is 3.40. The lowest BCUT2D eigenvalue weighted by Gasteiger charge is -2.13. The number of nitrogens with one attached hydrogen (secondary N) is 1. The van der Waals surface area contributed by atoms with Gasteiger partial charge in [0.15, 0.2) is 6.61 Å². The molecule has 0 aliphatic rings. The van der Waals surface area contributed by atoms with Crippen molar-refractivity contribution in [3.05, 3.63) is 28.2 Å². The maximum absolute atomic E-state index is 11.4. The molecule has 1 rings (SSSR count). The van der Waals surface area contributed by atoms with E-state index in [9.17, 15) is 4.79 Å². The lowest BCUT2D eigenvalue weighted by Crippen LogP contribution is -2.29. The van der Waals surface area contributed by atoms with E-state index in [4.69, 9.17) is 16.9 Å². The molecule has 0 fully saturated rings. The molecule has 0 aromatic heterocycles. The molecule has 1 unspecified atom stereocenters. The molecule has 0 radical (unpaired) electrons. The number of rotatable bonds is 6. The summed E-state index contributed by atoms with van der Waals surface area (Å²) in [4.78, 5) is 11.4. The van der Waals surface area contributed by atoms with Gasteiger partial charge < -0.3 is 15.8 Å². The van der Waals surface area contributed by atoms with Crippen LogP contribution in [0.5, 0.6) is 5.75 Å². The van der Waals surface area contributed by atoms with E-state index in [1.807, 2.05) is 25.1 Å². The quantitative estimate of drug-likeness (QED) is 0.779. The van der Waals surface area contributed by atoms with Crippen LogP contribution in [-0.2, 0) is 11.2 Å². The number of halogens is 1. The Morgan fingerprint density at radius 1 is 1.63 bits per heavy atom. The average Bonchev–Trinajstić information content (AvgIpc) is 2.34. The molecule has 102 valence electrons. The van der Waals surface area contributed by atoms with Gasteiger partial charge in [0.25, 0.3) is 5.91 Å². The Labute approximate surface area is 121 Å². The summed E-state index contributed by atoms with van der Waals surface area (Å²) in [5, 5.41) is 2.54. The first-order chi connectivity index (χ1) is 9.02. The van der Waals surface area contributed by atoms with E-state index in [0.717, 1.165) is 10.0 Å². The minimum absolute atomic E-state index is 0.0203. The summed E-state index contributed by atoms with van der Waals surface area (Å²) in [5.74, 6) is 2.75. The van der Waals surface area contributed by atoms with E-state index >= 15 is 0 Å². The Morgan fingerprint density at radius 2 is 2.37 bits per heavy atom. The maximum Gasteiger partial charge on any atom is 0.258 e. The summed E-state index contributed by atoms with van der Waals surface area (Å²) in [6.07, 6.45) is 5.74. The van der Waals surface area contributed by atoms with Crippen molar-refractivity contribution < 1.29 is 9.53 Å². The number of benzene rings is 1. The Bertz CT molecular complexity index is 481. The van der Waals surface area contributed by atoms with Crippen LogP contribution in [0.4, 0.5) is 0 Å². The summed E-state index contributed by atoms with van der Waals surface area (Å²) in [6.45, 7) is 2.06.